The summed E-state index contributed by atoms with van der Waals surface area (Å²) in [6, 6.07) is 5.22. The van der Waals surface area contributed by atoms with E-state index in [1.54, 1.807) is 38.5 Å². The predicted octanol–water partition coefficient (Wildman–Crippen LogP) is 2.51. The molecule has 0 aromatic heterocycles. The van der Waals surface area contributed by atoms with Crippen molar-refractivity contribution in [2.75, 3.05) is 33.9 Å². The largest absolute Gasteiger partial charge is 0.497 e. The Bertz CT molecular complexity index is 507. The number of likely N-dealkylation sites (tertiary alicyclic amines) is 1. The minimum Gasteiger partial charge on any atom is -0.497 e. The second-order valence-electron chi connectivity index (χ2n) is 5.24. The van der Waals surface area contributed by atoms with Gasteiger partial charge in [-0.25, -0.2) is 0 Å². The Labute approximate surface area is 131 Å². The van der Waals surface area contributed by atoms with E-state index < -0.39 is 0 Å². The summed E-state index contributed by atoms with van der Waals surface area (Å²) >= 11 is 0. The zero-order chi connectivity index (χ0) is 15.9. The van der Waals surface area contributed by atoms with Gasteiger partial charge in [-0.1, -0.05) is 6.08 Å². The first-order valence-corrected chi connectivity index (χ1v) is 7.42. The fourth-order valence-electron chi connectivity index (χ4n) is 2.58. The van der Waals surface area contributed by atoms with Crippen molar-refractivity contribution in [1.29, 1.82) is 0 Å². The van der Waals surface area contributed by atoms with Crippen LogP contribution < -0.4 is 9.47 Å². The molecule has 0 N–H and O–H groups in total. The van der Waals surface area contributed by atoms with Crippen molar-refractivity contribution in [3.05, 3.63) is 36.4 Å². The molecule has 1 aromatic rings. The van der Waals surface area contributed by atoms with Gasteiger partial charge < -0.3 is 19.1 Å². The Balaban J connectivity index is 2.11. The maximum absolute atomic E-state index is 12.7. The lowest BCUT2D eigenvalue weighted by Gasteiger charge is -2.32. The number of hydrogen-bond acceptors (Lipinski definition) is 4. The van der Waals surface area contributed by atoms with E-state index in [0.717, 1.165) is 19.4 Å². The maximum Gasteiger partial charge on any atom is 0.254 e. The number of rotatable bonds is 6. The van der Waals surface area contributed by atoms with Crippen LogP contribution in [-0.2, 0) is 4.74 Å². The van der Waals surface area contributed by atoms with Gasteiger partial charge in [0.15, 0.2) is 0 Å². The minimum atomic E-state index is -0.0240. The monoisotopic (exact) mass is 305 g/mol. The van der Waals surface area contributed by atoms with E-state index in [1.165, 1.54) is 0 Å². The third-order valence-corrected chi connectivity index (χ3v) is 3.71. The molecule has 2 rings (SSSR count). The van der Waals surface area contributed by atoms with Crippen LogP contribution >= 0.6 is 0 Å². The SMILES string of the molecule is C=CCOC1CCCN(C(=O)c2cc(OC)cc(OC)c2)C1. The van der Waals surface area contributed by atoms with E-state index in [0.29, 0.717) is 30.2 Å². The smallest absolute Gasteiger partial charge is 0.254 e. The van der Waals surface area contributed by atoms with E-state index in [1.807, 2.05) is 4.90 Å². The molecular formula is C17H23NO4. The highest BCUT2D eigenvalue weighted by Gasteiger charge is 2.25. The van der Waals surface area contributed by atoms with Crippen LogP contribution in [0.5, 0.6) is 11.5 Å². The lowest BCUT2D eigenvalue weighted by atomic mass is 10.1. The van der Waals surface area contributed by atoms with Crippen LogP contribution in [0.25, 0.3) is 0 Å². The Morgan fingerprint density at radius 3 is 2.59 bits per heavy atom. The van der Waals surface area contributed by atoms with Gasteiger partial charge in [-0.05, 0) is 25.0 Å². The molecule has 5 heteroatoms. The second kappa shape index (κ2) is 7.84. The molecule has 0 bridgehead atoms. The molecule has 1 unspecified atom stereocenters. The highest BCUT2D eigenvalue weighted by Crippen LogP contribution is 2.24. The Kier molecular flexibility index (Phi) is 5.83. The van der Waals surface area contributed by atoms with Crippen molar-refractivity contribution in [2.45, 2.75) is 18.9 Å². The van der Waals surface area contributed by atoms with Crippen molar-refractivity contribution >= 4 is 5.91 Å². The van der Waals surface area contributed by atoms with Crippen LogP contribution in [0.2, 0.25) is 0 Å². The van der Waals surface area contributed by atoms with Crippen LogP contribution in [0.4, 0.5) is 0 Å². The quantitative estimate of drug-likeness (QED) is 0.758. The number of amides is 1. The van der Waals surface area contributed by atoms with Gasteiger partial charge in [0.1, 0.15) is 11.5 Å². The minimum absolute atomic E-state index is 0.0240. The molecule has 0 spiro atoms. The summed E-state index contributed by atoms with van der Waals surface area (Å²) < 4.78 is 16.1. The number of ether oxygens (including phenoxy) is 3. The topological polar surface area (TPSA) is 48.0 Å². The molecule has 1 atom stereocenters. The number of hydrogen-bond donors (Lipinski definition) is 0. The van der Waals surface area contributed by atoms with Crippen LogP contribution in [-0.4, -0.2) is 50.8 Å². The number of carbonyl (C=O) groups excluding carboxylic acids is 1. The molecule has 5 nitrogen and oxygen atoms in total. The number of nitrogens with zero attached hydrogens (tertiary/aromatic N) is 1. The third kappa shape index (κ3) is 4.01. The first kappa shape index (κ1) is 16.4. The molecule has 1 saturated heterocycles. The van der Waals surface area contributed by atoms with E-state index in [4.69, 9.17) is 14.2 Å². The van der Waals surface area contributed by atoms with Gasteiger partial charge in [-0.15, -0.1) is 6.58 Å². The third-order valence-electron chi connectivity index (χ3n) is 3.71. The lowest BCUT2D eigenvalue weighted by molar-refractivity contribution is 0.0134. The number of benzene rings is 1. The first-order valence-electron chi connectivity index (χ1n) is 7.42. The zero-order valence-electron chi connectivity index (χ0n) is 13.2. The summed E-state index contributed by atoms with van der Waals surface area (Å²) in [5, 5.41) is 0. The van der Waals surface area contributed by atoms with Gasteiger partial charge >= 0.3 is 0 Å². The number of methoxy groups -OCH3 is 2. The molecule has 1 fully saturated rings. The molecule has 1 heterocycles. The van der Waals surface area contributed by atoms with Crippen LogP contribution in [0.3, 0.4) is 0 Å². The summed E-state index contributed by atoms with van der Waals surface area (Å²) in [7, 11) is 3.14. The van der Waals surface area contributed by atoms with Gasteiger partial charge in [-0.2, -0.15) is 0 Å². The van der Waals surface area contributed by atoms with Crippen LogP contribution in [0, 0.1) is 0 Å². The lowest BCUT2D eigenvalue weighted by Crippen LogP contribution is -2.43. The van der Waals surface area contributed by atoms with E-state index in [2.05, 4.69) is 6.58 Å². The second-order valence-corrected chi connectivity index (χ2v) is 5.24. The summed E-state index contributed by atoms with van der Waals surface area (Å²) in [5.74, 6) is 1.20. The Morgan fingerprint density at radius 2 is 2.00 bits per heavy atom. The standard InChI is InChI=1S/C17H23NO4/c1-4-8-22-14-6-5-7-18(12-14)17(19)13-9-15(20-2)11-16(10-13)21-3/h4,9-11,14H,1,5-8,12H2,2-3H3. The molecule has 0 saturated carbocycles. The normalized spacial score (nSPS) is 17.9. The summed E-state index contributed by atoms with van der Waals surface area (Å²) in [4.78, 5) is 14.5. The van der Waals surface area contributed by atoms with Gasteiger partial charge in [-0.3, -0.25) is 4.79 Å². The first-order chi connectivity index (χ1) is 10.7. The molecule has 0 aliphatic carbocycles. The van der Waals surface area contributed by atoms with Crippen LogP contribution in [0.15, 0.2) is 30.9 Å². The van der Waals surface area contributed by atoms with Gasteiger partial charge in [0, 0.05) is 24.7 Å². The molecule has 1 amide bonds. The summed E-state index contributed by atoms with van der Waals surface area (Å²) in [6.45, 7) is 5.51. The van der Waals surface area contributed by atoms with Crippen molar-refractivity contribution in [1.82, 2.24) is 4.90 Å². The highest BCUT2D eigenvalue weighted by molar-refractivity contribution is 5.95. The van der Waals surface area contributed by atoms with E-state index >= 15 is 0 Å². The molecule has 1 aliphatic heterocycles. The zero-order valence-corrected chi connectivity index (χ0v) is 13.2. The van der Waals surface area contributed by atoms with Crippen molar-refractivity contribution in [3.8, 4) is 11.5 Å². The molecule has 22 heavy (non-hydrogen) atoms. The average molecular weight is 305 g/mol. The molecule has 120 valence electrons. The number of piperidine rings is 1. The summed E-state index contributed by atoms with van der Waals surface area (Å²) in [6.07, 6.45) is 3.71. The van der Waals surface area contributed by atoms with E-state index in [-0.39, 0.29) is 12.0 Å². The predicted molar refractivity (Wildman–Crippen MR) is 84.6 cm³/mol. The molecular weight excluding hydrogens is 282 g/mol. The average Bonchev–Trinajstić information content (AvgIpc) is 2.58. The fourth-order valence-corrected chi connectivity index (χ4v) is 2.58. The summed E-state index contributed by atoms with van der Waals surface area (Å²) in [5.41, 5.74) is 0.570. The van der Waals surface area contributed by atoms with Gasteiger partial charge in [0.25, 0.3) is 5.91 Å². The molecule has 1 aromatic carbocycles. The highest BCUT2D eigenvalue weighted by atomic mass is 16.5. The molecule has 0 radical (unpaired) electrons. The van der Waals surface area contributed by atoms with Crippen molar-refractivity contribution < 1.29 is 19.0 Å². The van der Waals surface area contributed by atoms with Crippen molar-refractivity contribution in [2.24, 2.45) is 0 Å². The van der Waals surface area contributed by atoms with Crippen molar-refractivity contribution in [3.63, 3.8) is 0 Å². The number of carbonyl (C=O) groups is 1. The maximum atomic E-state index is 12.7. The molecule has 1 aliphatic rings. The Morgan fingerprint density at radius 1 is 1.32 bits per heavy atom. The van der Waals surface area contributed by atoms with Gasteiger partial charge in [0.05, 0.1) is 26.9 Å². The fraction of sp³-hybridized carbons (Fsp3) is 0.471. The van der Waals surface area contributed by atoms with Gasteiger partial charge in [0.2, 0.25) is 0 Å². The van der Waals surface area contributed by atoms with E-state index in [9.17, 15) is 4.79 Å². The Hall–Kier alpha value is -2.01. The van der Waals surface area contributed by atoms with Crippen LogP contribution in [0.1, 0.15) is 23.2 Å².